The molecule has 0 aromatic carbocycles. The van der Waals surface area contributed by atoms with Crippen LogP contribution in [0.1, 0.15) is 11.5 Å². The van der Waals surface area contributed by atoms with Crippen molar-refractivity contribution in [1.29, 1.82) is 0 Å². The van der Waals surface area contributed by atoms with Crippen molar-refractivity contribution >= 4 is 22.4 Å². The number of thiazole rings is 1. The van der Waals surface area contributed by atoms with Crippen LogP contribution in [0.25, 0.3) is 0 Å². The monoisotopic (exact) mass is 238 g/mol. The Bertz CT molecular complexity index is 504. The van der Waals surface area contributed by atoms with Crippen molar-refractivity contribution in [2.75, 3.05) is 5.32 Å². The molecule has 0 spiro atoms. The molecule has 2 aromatic rings. The molecule has 2 aromatic heterocycles. The molecular weight excluding hydrogens is 228 g/mol. The average molecular weight is 238 g/mol. The van der Waals surface area contributed by atoms with Crippen LogP contribution in [0, 0.1) is 13.8 Å². The molecule has 0 aliphatic carbocycles. The molecule has 0 saturated carbocycles. The highest BCUT2D eigenvalue weighted by molar-refractivity contribution is 7.13. The summed E-state index contributed by atoms with van der Waals surface area (Å²) in [6.07, 6.45) is 0. The highest BCUT2D eigenvalue weighted by Crippen LogP contribution is 2.14. The highest BCUT2D eigenvalue weighted by atomic mass is 32.1. The largest absolute Gasteiger partial charge is 0.300 e. The van der Waals surface area contributed by atoms with E-state index >= 15 is 0 Å². The van der Waals surface area contributed by atoms with Gasteiger partial charge in [0, 0.05) is 5.38 Å². The third kappa shape index (κ3) is 2.40. The maximum atomic E-state index is 11.6. The summed E-state index contributed by atoms with van der Waals surface area (Å²) in [5, 5.41) is 16.0. The molecule has 0 atom stereocenters. The fourth-order valence-corrected chi connectivity index (χ4v) is 1.81. The fraction of sp³-hybridized carbons (Fsp3) is 0.375. The quantitative estimate of drug-likeness (QED) is 0.835. The SMILES string of the molecule is Cc1csc(NC(=O)Cn2nnnc2C)n1. The van der Waals surface area contributed by atoms with E-state index in [1.54, 1.807) is 6.92 Å². The lowest BCUT2D eigenvalue weighted by molar-refractivity contribution is -0.117. The summed E-state index contributed by atoms with van der Waals surface area (Å²) in [5.41, 5.74) is 0.888. The van der Waals surface area contributed by atoms with Gasteiger partial charge in [0.15, 0.2) is 5.13 Å². The predicted octanol–water partition coefficient (Wildman–Crippen LogP) is 0.385. The van der Waals surface area contributed by atoms with Gasteiger partial charge in [-0.25, -0.2) is 9.67 Å². The molecule has 2 rings (SSSR count). The van der Waals surface area contributed by atoms with E-state index in [1.807, 2.05) is 12.3 Å². The zero-order valence-corrected chi connectivity index (χ0v) is 9.65. The smallest absolute Gasteiger partial charge is 0.248 e. The molecule has 0 radical (unpaired) electrons. The van der Waals surface area contributed by atoms with Crippen molar-refractivity contribution < 1.29 is 4.79 Å². The first kappa shape index (κ1) is 10.7. The van der Waals surface area contributed by atoms with Gasteiger partial charge >= 0.3 is 0 Å². The van der Waals surface area contributed by atoms with E-state index in [9.17, 15) is 4.79 Å². The number of rotatable bonds is 3. The second-order valence-corrected chi connectivity index (χ2v) is 4.08. The van der Waals surface area contributed by atoms with Gasteiger partial charge in [-0.2, -0.15) is 0 Å². The van der Waals surface area contributed by atoms with Gasteiger partial charge in [-0.15, -0.1) is 16.4 Å². The van der Waals surface area contributed by atoms with Gasteiger partial charge in [0.2, 0.25) is 5.91 Å². The second-order valence-electron chi connectivity index (χ2n) is 3.23. The van der Waals surface area contributed by atoms with Crippen molar-refractivity contribution in [1.82, 2.24) is 25.2 Å². The maximum Gasteiger partial charge on any atom is 0.248 e. The van der Waals surface area contributed by atoms with E-state index in [0.717, 1.165) is 5.69 Å². The Balaban J connectivity index is 1.97. The minimum atomic E-state index is -0.190. The topological polar surface area (TPSA) is 85.6 Å². The molecule has 0 aliphatic heterocycles. The van der Waals surface area contributed by atoms with E-state index in [-0.39, 0.29) is 12.5 Å². The lowest BCUT2D eigenvalue weighted by atomic mass is 10.5. The van der Waals surface area contributed by atoms with Gasteiger partial charge in [-0.3, -0.25) is 4.79 Å². The van der Waals surface area contributed by atoms with Crippen molar-refractivity contribution in [3.63, 3.8) is 0 Å². The molecular formula is C8H10N6OS. The van der Waals surface area contributed by atoms with Crippen LogP contribution in [0.2, 0.25) is 0 Å². The minimum Gasteiger partial charge on any atom is -0.300 e. The number of hydrogen-bond donors (Lipinski definition) is 1. The molecule has 2 heterocycles. The number of nitrogens with zero attached hydrogens (tertiary/aromatic N) is 5. The van der Waals surface area contributed by atoms with Gasteiger partial charge in [-0.05, 0) is 24.3 Å². The summed E-state index contributed by atoms with van der Waals surface area (Å²) in [5.74, 6) is 0.412. The normalized spacial score (nSPS) is 10.4. The summed E-state index contributed by atoms with van der Waals surface area (Å²) in [4.78, 5) is 15.7. The van der Waals surface area contributed by atoms with Gasteiger partial charge < -0.3 is 5.32 Å². The zero-order valence-electron chi connectivity index (χ0n) is 8.84. The van der Waals surface area contributed by atoms with E-state index in [2.05, 4.69) is 25.8 Å². The summed E-state index contributed by atoms with van der Waals surface area (Å²) in [7, 11) is 0. The summed E-state index contributed by atoms with van der Waals surface area (Å²) < 4.78 is 1.43. The van der Waals surface area contributed by atoms with Crippen LogP contribution in [0.3, 0.4) is 0 Å². The first-order valence-electron chi connectivity index (χ1n) is 4.60. The van der Waals surface area contributed by atoms with Crippen LogP contribution in [-0.2, 0) is 11.3 Å². The Hall–Kier alpha value is -1.83. The Morgan fingerprint density at radius 2 is 2.38 bits per heavy atom. The molecule has 7 nitrogen and oxygen atoms in total. The average Bonchev–Trinajstić information content (AvgIpc) is 2.77. The van der Waals surface area contributed by atoms with Crippen LogP contribution < -0.4 is 5.32 Å². The Morgan fingerprint density at radius 3 is 2.94 bits per heavy atom. The van der Waals surface area contributed by atoms with Crippen LogP contribution in [0.4, 0.5) is 5.13 Å². The number of carbonyl (C=O) groups is 1. The second kappa shape index (κ2) is 4.35. The third-order valence-corrected chi connectivity index (χ3v) is 2.75. The van der Waals surface area contributed by atoms with Gasteiger partial charge in [0.25, 0.3) is 0 Å². The summed E-state index contributed by atoms with van der Waals surface area (Å²) in [6, 6.07) is 0. The van der Waals surface area contributed by atoms with Crippen LogP contribution in [0.5, 0.6) is 0 Å². The first-order valence-corrected chi connectivity index (χ1v) is 5.48. The third-order valence-electron chi connectivity index (χ3n) is 1.87. The van der Waals surface area contributed by atoms with Crippen LogP contribution in [-0.4, -0.2) is 31.1 Å². The van der Waals surface area contributed by atoms with E-state index < -0.39 is 0 Å². The maximum absolute atomic E-state index is 11.6. The van der Waals surface area contributed by atoms with Crippen molar-refractivity contribution in [2.45, 2.75) is 20.4 Å². The summed E-state index contributed by atoms with van der Waals surface area (Å²) >= 11 is 1.39. The molecule has 1 amide bonds. The molecule has 1 N–H and O–H groups in total. The number of hydrogen-bond acceptors (Lipinski definition) is 6. The molecule has 0 unspecified atom stereocenters. The molecule has 8 heteroatoms. The predicted molar refractivity (Wildman–Crippen MR) is 58.0 cm³/mol. The molecule has 0 bridgehead atoms. The zero-order chi connectivity index (χ0) is 11.5. The number of aromatic nitrogens is 5. The molecule has 84 valence electrons. The first-order chi connectivity index (χ1) is 7.65. The molecule has 0 saturated heterocycles. The van der Waals surface area contributed by atoms with Crippen molar-refractivity contribution in [3.8, 4) is 0 Å². The fourth-order valence-electron chi connectivity index (χ4n) is 1.10. The van der Waals surface area contributed by atoms with Crippen molar-refractivity contribution in [2.24, 2.45) is 0 Å². The number of tetrazole rings is 1. The van der Waals surface area contributed by atoms with E-state index in [4.69, 9.17) is 0 Å². The van der Waals surface area contributed by atoms with Crippen LogP contribution >= 0.6 is 11.3 Å². The van der Waals surface area contributed by atoms with Gasteiger partial charge in [0.05, 0.1) is 5.69 Å². The van der Waals surface area contributed by atoms with E-state index in [0.29, 0.717) is 11.0 Å². The Morgan fingerprint density at radius 1 is 1.56 bits per heavy atom. The lowest BCUT2D eigenvalue weighted by Gasteiger charge is -2.01. The summed E-state index contributed by atoms with van der Waals surface area (Å²) in [6.45, 7) is 3.70. The van der Waals surface area contributed by atoms with E-state index in [1.165, 1.54) is 16.0 Å². The van der Waals surface area contributed by atoms with Crippen LogP contribution in [0.15, 0.2) is 5.38 Å². The number of anilines is 1. The molecule has 0 aliphatic rings. The Labute approximate surface area is 95.5 Å². The molecule has 16 heavy (non-hydrogen) atoms. The number of amides is 1. The van der Waals surface area contributed by atoms with Crippen molar-refractivity contribution in [3.05, 3.63) is 16.9 Å². The Kier molecular flexibility index (Phi) is 2.91. The number of nitrogens with one attached hydrogen (secondary N) is 1. The minimum absolute atomic E-state index is 0.0947. The highest BCUT2D eigenvalue weighted by Gasteiger charge is 2.08. The number of carbonyl (C=O) groups excluding carboxylic acids is 1. The van der Waals surface area contributed by atoms with Gasteiger partial charge in [-0.1, -0.05) is 0 Å². The van der Waals surface area contributed by atoms with Gasteiger partial charge in [0.1, 0.15) is 12.4 Å². The molecule has 0 fully saturated rings. The standard InChI is InChI=1S/C8H10N6OS/c1-5-4-16-8(9-5)10-7(15)3-14-6(2)11-12-13-14/h4H,3H2,1-2H3,(H,9,10,15). The lowest BCUT2D eigenvalue weighted by Crippen LogP contribution is -2.20. The number of aryl methyl sites for hydroxylation is 2.